The minimum atomic E-state index is -0.803. The summed E-state index contributed by atoms with van der Waals surface area (Å²) in [7, 11) is 1.56. The summed E-state index contributed by atoms with van der Waals surface area (Å²) in [5.74, 6) is 0.796. The molecule has 0 radical (unpaired) electrons. The molecule has 1 fully saturated rings. The lowest BCUT2D eigenvalue weighted by molar-refractivity contribution is -0.140. The van der Waals surface area contributed by atoms with E-state index in [1.54, 1.807) is 67.8 Å². The largest absolute Gasteiger partial charge is 0.507 e. The van der Waals surface area contributed by atoms with Gasteiger partial charge in [0.2, 0.25) is 6.79 Å². The molecule has 1 atom stereocenters. The van der Waals surface area contributed by atoms with Crippen LogP contribution in [0.15, 0.2) is 72.3 Å². The van der Waals surface area contributed by atoms with Gasteiger partial charge in [-0.05, 0) is 73.5 Å². The van der Waals surface area contributed by atoms with E-state index in [0.29, 0.717) is 34.1 Å². The number of aliphatic hydroxyl groups is 1. The van der Waals surface area contributed by atoms with Gasteiger partial charge < -0.3 is 29.0 Å². The van der Waals surface area contributed by atoms with Crippen molar-refractivity contribution in [3.05, 3.63) is 89.0 Å². The van der Waals surface area contributed by atoms with E-state index in [0.717, 1.165) is 5.56 Å². The third kappa shape index (κ3) is 4.70. The normalized spacial score (nSPS) is 17.9. The molecule has 190 valence electrons. The van der Waals surface area contributed by atoms with Crippen molar-refractivity contribution in [2.24, 2.45) is 0 Å². The van der Waals surface area contributed by atoms with E-state index in [-0.39, 0.29) is 30.8 Å². The van der Waals surface area contributed by atoms with Crippen LogP contribution < -0.4 is 18.9 Å². The van der Waals surface area contributed by atoms with Crippen molar-refractivity contribution in [3.63, 3.8) is 0 Å². The van der Waals surface area contributed by atoms with Crippen LogP contribution in [-0.2, 0) is 16.1 Å². The molecular formula is C29H27NO7. The highest BCUT2D eigenvalue weighted by atomic mass is 16.7. The number of methoxy groups -OCH3 is 1. The third-order valence-corrected chi connectivity index (χ3v) is 6.26. The fourth-order valence-corrected chi connectivity index (χ4v) is 4.53. The first kappa shape index (κ1) is 24.2. The van der Waals surface area contributed by atoms with Crippen LogP contribution in [0.3, 0.4) is 0 Å². The molecule has 5 rings (SSSR count). The summed E-state index contributed by atoms with van der Waals surface area (Å²) in [6.45, 7) is 4.11. The summed E-state index contributed by atoms with van der Waals surface area (Å²) >= 11 is 0. The molecule has 8 nitrogen and oxygen atoms in total. The van der Waals surface area contributed by atoms with Gasteiger partial charge in [0, 0.05) is 12.1 Å². The maximum absolute atomic E-state index is 13.3. The van der Waals surface area contributed by atoms with Gasteiger partial charge in [-0.1, -0.05) is 18.2 Å². The van der Waals surface area contributed by atoms with Gasteiger partial charge in [-0.25, -0.2) is 0 Å². The number of carbonyl (C=O) groups excluding carboxylic acids is 2. The SMILES string of the molecule is COc1ccc(C2/C(=C(\O)c3ccc(OC(C)C)cc3)C(=O)C(=O)N2Cc2ccc3c(c2)OCO3)cc1. The van der Waals surface area contributed by atoms with Crippen molar-refractivity contribution < 1.29 is 33.6 Å². The van der Waals surface area contributed by atoms with Gasteiger partial charge in [-0.15, -0.1) is 0 Å². The predicted octanol–water partition coefficient (Wildman–Crippen LogP) is 4.83. The molecule has 1 amide bonds. The molecule has 0 bridgehead atoms. The van der Waals surface area contributed by atoms with Crippen LogP contribution in [-0.4, -0.2) is 41.7 Å². The third-order valence-electron chi connectivity index (χ3n) is 6.26. The van der Waals surface area contributed by atoms with E-state index in [4.69, 9.17) is 18.9 Å². The van der Waals surface area contributed by atoms with E-state index in [2.05, 4.69) is 0 Å². The summed E-state index contributed by atoms with van der Waals surface area (Å²) in [5.41, 5.74) is 1.87. The Balaban J connectivity index is 1.56. The van der Waals surface area contributed by atoms with E-state index in [1.807, 2.05) is 19.9 Å². The Hall–Kier alpha value is -4.46. The summed E-state index contributed by atoms with van der Waals surface area (Å²) in [4.78, 5) is 28.1. The zero-order chi connectivity index (χ0) is 26.1. The van der Waals surface area contributed by atoms with Crippen molar-refractivity contribution in [2.75, 3.05) is 13.9 Å². The standard InChI is InChI=1S/C29H27NO7/c1-17(2)37-22-11-7-20(8-12-22)27(31)25-26(19-5-9-21(34-3)10-6-19)30(29(33)28(25)32)15-18-4-13-23-24(14-18)36-16-35-23/h4-14,17,26,31H,15-16H2,1-3H3/b27-25+. The highest BCUT2D eigenvalue weighted by Gasteiger charge is 2.46. The zero-order valence-corrected chi connectivity index (χ0v) is 20.8. The number of ether oxygens (including phenoxy) is 4. The summed E-state index contributed by atoms with van der Waals surface area (Å²) in [6.07, 6.45) is -0.00368. The minimum absolute atomic E-state index is 0.00368. The Kier molecular flexibility index (Phi) is 6.48. The molecule has 0 saturated carbocycles. The monoisotopic (exact) mass is 501 g/mol. The maximum atomic E-state index is 13.3. The highest BCUT2D eigenvalue weighted by Crippen LogP contribution is 2.41. The Morgan fingerprint density at radius 2 is 1.65 bits per heavy atom. The minimum Gasteiger partial charge on any atom is -0.507 e. The van der Waals surface area contributed by atoms with Gasteiger partial charge in [0.25, 0.3) is 11.7 Å². The van der Waals surface area contributed by atoms with Gasteiger partial charge in [-0.3, -0.25) is 9.59 Å². The molecule has 1 saturated heterocycles. The molecule has 3 aromatic rings. The molecule has 1 unspecified atom stereocenters. The van der Waals surface area contributed by atoms with Crippen LogP contribution in [0.2, 0.25) is 0 Å². The summed E-state index contributed by atoms with van der Waals surface area (Å²) < 4.78 is 21.8. The maximum Gasteiger partial charge on any atom is 0.295 e. The lowest BCUT2D eigenvalue weighted by atomic mass is 9.95. The molecule has 2 aliphatic heterocycles. The number of carbonyl (C=O) groups is 2. The van der Waals surface area contributed by atoms with Crippen molar-refractivity contribution in [1.29, 1.82) is 0 Å². The molecular weight excluding hydrogens is 474 g/mol. The van der Waals surface area contributed by atoms with Crippen LogP contribution >= 0.6 is 0 Å². The van der Waals surface area contributed by atoms with E-state index in [1.165, 1.54) is 4.90 Å². The number of fused-ring (bicyclic) bond motifs is 1. The summed E-state index contributed by atoms with van der Waals surface area (Å²) in [5, 5.41) is 11.3. The first-order valence-electron chi connectivity index (χ1n) is 11.9. The van der Waals surface area contributed by atoms with Gasteiger partial charge >= 0.3 is 0 Å². The van der Waals surface area contributed by atoms with Crippen molar-refractivity contribution in [3.8, 4) is 23.0 Å². The zero-order valence-electron chi connectivity index (χ0n) is 20.8. The number of amides is 1. The number of benzene rings is 3. The average Bonchev–Trinajstić information content (AvgIpc) is 3.46. The molecule has 0 spiro atoms. The molecule has 0 aromatic heterocycles. The molecule has 8 heteroatoms. The second-order valence-corrected chi connectivity index (χ2v) is 9.08. The summed E-state index contributed by atoms with van der Waals surface area (Å²) in [6, 6.07) is 18.5. The highest BCUT2D eigenvalue weighted by molar-refractivity contribution is 6.46. The van der Waals surface area contributed by atoms with Crippen LogP contribution in [0, 0.1) is 0 Å². The number of hydrogen-bond donors (Lipinski definition) is 1. The molecule has 2 heterocycles. The van der Waals surface area contributed by atoms with E-state index >= 15 is 0 Å². The number of rotatable bonds is 7. The number of likely N-dealkylation sites (tertiary alicyclic amines) is 1. The van der Waals surface area contributed by atoms with Crippen LogP contribution in [0.4, 0.5) is 0 Å². The second-order valence-electron chi connectivity index (χ2n) is 9.08. The molecule has 0 aliphatic carbocycles. The van der Waals surface area contributed by atoms with Gasteiger partial charge in [0.15, 0.2) is 11.5 Å². The van der Waals surface area contributed by atoms with Crippen LogP contribution in [0.5, 0.6) is 23.0 Å². The quantitative estimate of drug-likeness (QED) is 0.281. The Morgan fingerprint density at radius 1 is 0.973 bits per heavy atom. The average molecular weight is 502 g/mol. The van der Waals surface area contributed by atoms with Gasteiger partial charge in [-0.2, -0.15) is 0 Å². The van der Waals surface area contributed by atoms with Crippen molar-refractivity contribution in [2.45, 2.75) is 32.5 Å². The fourth-order valence-electron chi connectivity index (χ4n) is 4.53. The molecule has 3 aromatic carbocycles. The first-order chi connectivity index (χ1) is 17.9. The Morgan fingerprint density at radius 3 is 2.32 bits per heavy atom. The number of ketones is 1. The lowest BCUT2D eigenvalue weighted by Crippen LogP contribution is -2.29. The number of hydrogen-bond acceptors (Lipinski definition) is 7. The number of Topliss-reactive ketones (excluding diaryl/α,β-unsaturated/α-hetero) is 1. The number of nitrogens with zero attached hydrogens (tertiary/aromatic N) is 1. The smallest absolute Gasteiger partial charge is 0.295 e. The fraction of sp³-hybridized carbons (Fsp3) is 0.241. The topological polar surface area (TPSA) is 94.5 Å². The van der Waals surface area contributed by atoms with E-state index < -0.39 is 17.7 Å². The number of aliphatic hydroxyl groups excluding tert-OH is 1. The predicted molar refractivity (Wildman–Crippen MR) is 136 cm³/mol. The molecule has 1 N–H and O–H groups in total. The molecule has 37 heavy (non-hydrogen) atoms. The Labute approximate surface area is 214 Å². The van der Waals surface area contributed by atoms with Crippen molar-refractivity contribution in [1.82, 2.24) is 4.90 Å². The van der Waals surface area contributed by atoms with Crippen molar-refractivity contribution >= 4 is 17.4 Å². The Bertz CT molecular complexity index is 1360. The van der Waals surface area contributed by atoms with E-state index in [9.17, 15) is 14.7 Å². The van der Waals surface area contributed by atoms with Crippen LogP contribution in [0.1, 0.15) is 36.6 Å². The molecule has 2 aliphatic rings. The second kappa shape index (κ2) is 9.89. The lowest BCUT2D eigenvalue weighted by Gasteiger charge is -2.25. The van der Waals surface area contributed by atoms with Crippen LogP contribution in [0.25, 0.3) is 5.76 Å². The van der Waals surface area contributed by atoms with Gasteiger partial charge in [0.05, 0.1) is 24.8 Å². The van der Waals surface area contributed by atoms with Gasteiger partial charge in [0.1, 0.15) is 17.3 Å². The first-order valence-corrected chi connectivity index (χ1v) is 11.9.